The number of hydrogen-bond donors (Lipinski definition) is 3. The van der Waals surface area contributed by atoms with Crippen molar-refractivity contribution in [2.24, 2.45) is 5.92 Å². The highest BCUT2D eigenvalue weighted by Crippen LogP contribution is 2.27. The van der Waals surface area contributed by atoms with Crippen molar-refractivity contribution in [2.45, 2.75) is 31.8 Å². The smallest absolute Gasteiger partial charge is 0.319 e. The van der Waals surface area contributed by atoms with Gasteiger partial charge < -0.3 is 15.7 Å². The minimum Gasteiger partial charge on any atom is -0.391 e. The molecule has 0 bridgehead atoms. The summed E-state index contributed by atoms with van der Waals surface area (Å²) in [5.41, 5.74) is 1.06. The Morgan fingerprint density at radius 2 is 2.20 bits per heavy atom. The van der Waals surface area contributed by atoms with Crippen LogP contribution in [0.15, 0.2) is 24.3 Å². The summed E-state index contributed by atoms with van der Waals surface area (Å²) in [6.45, 7) is 0.258. The molecule has 20 heavy (non-hydrogen) atoms. The van der Waals surface area contributed by atoms with Gasteiger partial charge in [0, 0.05) is 12.2 Å². The van der Waals surface area contributed by atoms with Crippen LogP contribution >= 0.6 is 0 Å². The van der Waals surface area contributed by atoms with Crippen molar-refractivity contribution < 1.29 is 9.90 Å². The summed E-state index contributed by atoms with van der Waals surface area (Å²) in [5, 5.41) is 24.1. The van der Waals surface area contributed by atoms with Crippen LogP contribution in [-0.2, 0) is 0 Å². The third-order valence-corrected chi connectivity index (χ3v) is 3.67. The van der Waals surface area contributed by atoms with Crippen LogP contribution in [0.2, 0.25) is 0 Å². The Morgan fingerprint density at radius 1 is 1.45 bits per heavy atom. The van der Waals surface area contributed by atoms with E-state index in [9.17, 15) is 9.90 Å². The fourth-order valence-corrected chi connectivity index (χ4v) is 2.55. The molecule has 1 saturated carbocycles. The van der Waals surface area contributed by atoms with Gasteiger partial charge in [-0.25, -0.2) is 4.79 Å². The lowest BCUT2D eigenvalue weighted by molar-refractivity contribution is 0.111. The number of aliphatic hydroxyl groups excluding tert-OH is 1. The topological polar surface area (TPSA) is 85.2 Å². The molecule has 1 atom stereocenters. The average Bonchev–Trinajstić information content (AvgIpc) is 2.99. The maximum atomic E-state index is 11.7. The summed E-state index contributed by atoms with van der Waals surface area (Å²) in [4.78, 5) is 11.7. The van der Waals surface area contributed by atoms with Crippen molar-refractivity contribution in [2.75, 3.05) is 11.9 Å². The van der Waals surface area contributed by atoms with Gasteiger partial charge in [-0.3, -0.25) is 0 Å². The number of carbonyl (C=O) groups is 1. The Balaban J connectivity index is 1.78. The van der Waals surface area contributed by atoms with Crippen molar-refractivity contribution in [3.05, 3.63) is 29.8 Å². The molecule has 0 heterocycles. The van der Waals surface area contributed by atoms with Crippen LogP contribution in [0.5, 0.6) is 0 Å². The molecule has 106 valence electrons. The molecule has 1 unspecified atom stereocenters. The lowest BCUT2D eigenvalue weighted by Gasteiger charge is -2.18. The number of nitriles is 1. The summed E-state index contributed by atoms with van der Waals surface area (Å²) < 4.78 is 0. The number of nitrogens with zero attached hydrogens (tertiary/aromatic N) is 1. The van der Waals surface area contributed by atoms with E-state index in [1.54, 1.807) is 24.3 Å². The summed E-state index contributed by atoms with van der Waals surface area (Å²) in [7, 11) is 0. The third-order valence-electron chi connectivity index (χ3n) is 3.67. The normalized spacial score (nSPS) is 16.4. The monoisotopic (exact) mass is 273 g/mol. The van der Waals surface area contributed by atoms with Crippen molar-refractivity contribution in [3.8, 4) is 6.07 Å². The third kappa shape index (κ3) is 3.97. The van der Waals surface area contributed by atoms with Gasteiger partial charge in [0.05, 0.1) is 17.7 Å². The molecule has 1 aliphatic rings. The van der Waals surface area contributed by atoms with Gasteiger partial charge in [-0.05, 0) is 37.0 Å². The minimum atomic E-state index is -0.478. The maximum absolute atomic E-state index is 11.7. The molecule has 0 aliphatic heterocycles. The van der Waals surface area contributed by atoms with E-state index in [-0.39, 0.29) is 12.6 Å². The van der Waals surface area contributed by atoms with E-state index in [1.165, 1.54) is 0 Å². The molecule has 0 radical (unpaired) electrons. The number of aliphatic hydroxyl groups is 1. The van der Waals surface area contributed by atoms with Crippen molar-refractivity contribution in [1.82, 2.24) is 5.32 Å². The zero-order valence-corrected chi connectivity index (χ0v) is 11.3. The van der Waals surface area contributed by atoms with Crippen molar-refractivity contribution in [3.63, 3.8) is 0 Å². The van der Waals surface area contributed by atoms with E-state index in [1.807, 2.05) is 6.07 Å². The summed E-state index contributed by atoms with van der Waals surface area (Å²) in [6.07, 6.45) is 3.92. The standard InChI is InChI=1S/C15H19N3O2/c16-9-11-4-3-7-13(8-11)18-15(20)17-10-14(19)12-5-1-2-6-12/h3-4,7-8,12,14,19H,1-2,5-6,10H2,(H2,17,18,20). The largest absolute Gasteiger partial charge is 0.391 e. The number of rotatable bonds is 4. The second-order valence-corrected chi connectivity index (χ2v) is 5.14. The molecule has 0 spiro atoms. The Morgan fingerprint density at radius 3 is 2.90 bits per heavy atom. The van der Waals surface area contributed by atoms with Crippen molar-refractivity contribution in [1.29, 1.82) is 5.26 Å². The molecule has 5 heteroatoms. The molecular formula is C15H19N3O2. The molecule has 1 aromatic rings. The highest BCUT2D eigenvalue weighted by atomic mass is 16.3. The zero-order valence-electron chi connectivity index (χ0n) is 11.3. The first-order chi connectivity index (χ1) is 9.69. The van der Waals surface area contributed by atoms with E-state index >= 15 is 0 Å². The summed E-state index contributed by atoms with van der Waals surface area (Å²) in [6, 6.07) is 8.36. The first-order valence-electron chi connectivity index (χ1n) is 6.92. The van der Waals surface area contributed by atoms with Gasteiger partial charge in [0.2, 0.25) is 0 Å². The van der Waals surface area contributed by atoms with Gasteiger partial charge in [0.1, 0.15) is 0 Å². The summed E-state index contributed by atoms with van der Waals surface area (Å²) >= 11 is 0. The molecule has 2 rings (SSSR count). The van der Waals surface area contributed by atoms with E-state index in [0.29, 0.717) is 17.2 Å². The molecule has 5 nitrogen and oxygen atoms in total. The fraction of sp³-hybridized carbons (Fsp3) is 0.467. The number of hydrogen-bond acceptors (Lipinski definition) is 3. The van der Waals surface area contributed by atoms with Crippen LogP contribution in [0.25, 0.3) is 0 Å². The van der Waals surface area contributed by atoms with E-state index in [2.05, 4.69) is 10.6 Å². The number of anilines is 1. The highest BCUT2D eigenvalue weighted by molar-refractivity contribution is 5.89. The van der Waals surface area contributed by atoms with Gasteiger partial charge in [0.25, 0.3) is 0 Å². The Bertz CT molecular complexity index is 504. The fourth-order valence-electron chi connectivity index (χ4n) is 2.55. The number of nitrogens with one attached hydrogen (secondary N) is 2. The Kier molecular flexibility index (Phi) is 4.97. The van der Waals surface area contributed by atoms with Gasteiger partial charge in [-0.2, -0.15) is 5.26 Å². The molecule has 2 amide bonds. The minimum absolute atomic E-state index is 0.258. The van der Waals surface area contributed by atoms with Crippen LogP contribution < -0.4 is 10.6 Å². The van der Waals surface area contributed by atoms with Crippen molar-refractivity contribution >= 4 is 11.7 Å². The zero-order chi connectivity index (χ0) is 14.4. The van der Waals surface area contributed by atoms with E-state index < -0.39 is 6.10 Å². The first kappa shape index (κ1) is 14.4. The molecule has 3 N–H and O–H groups in total. The number of benzene rings is 1. The highest BCUT2D eigenvalue weighted by Gasteiger charge is 2.23. The second kappa shape index (κ2) is 6.92. The van der Waals surface area contributed by atoms with Gasteiger partial charge in [-0.1, -0.05) is 18.9 Å². The average molecular weight is 273 g/mol. The predicted molar refractivity (Wildman–Crippen MR) is 76.1 cm³/mol. The van der Waals surface area contributed by atoms with Crippen LogP contribution in [0.4, 0.5) is 10.5 Å². The number of amides is 2. The predicted octanol–water partition coefficient (Wildman–Crippen LogP) is 2.23. The van der Waals surface area contributed by atoms with Crippen LogP contribution in [-0.4, -0.2) is 23.8 Å². The summed E-state index contributed by atoms with van der Waals surface area (Å²) in [5.74, 6) is 0.303. The lowest BCUT2D eigenvalue weighted by atomic mass is 10.0. The van der Waals surface area contributed by atoms with Crippen LogP contribution in [0, 0.1) is 17.2 Å². The molecular weight excluding hydrogens is 254 g/mol. The molecule has 0 aromatic heterocycles. The maximum Gasteiger partial charge on any atom is 0.319 e. The SMILES string of the molecule is N#Cc1cccc(NC(=O)NCC(O)C2CCCC2)c1. The van der Waals surface area contributed by atoms with Gasteiger partial charge in [0.15, 0.2) is 0 Å². The van der Waals surface area contributed by atoms with E-state index in [0.717, 1.165) is 25.7 Å². The van der Waals surface area contributed by atoms with Crippen LogP contribution in [0.1, 0.15) is 31.2 Å². The molecule has 1 aromatic carbocycles. The first-order valence-corrected chi connectivity index (χ1v) is 6.92. The molecule has 0 saturated heterocycles. The molecule has 1 aliphatic carbocycles. The quantitative estimate of drug-likeness (QED) is 0.786. The van der Waals surface area contributed by atoms with Gasteiger partial charge in [-0.15, -0.1) is 0 Å². The van der Waals surface area contributed by atoms with Crippen LogP contribution in [0.3, 0.4) is 0 Å². The Labute approximate surface area is 118 Å². The number of carbonyl (C=O) groups excluding carboxylic acids is 1. The van der Waals surface area contributed by atoms with Gasteiger partial charge >= 0.3 is 6.03 Å². The number of urea groups is 1. The second-order valence-electron chi connectivity index (χ2n) is 5.14. The molecule has 1 fully saturated rings. The lowest BCUT2D eigenvalue weighted by Crippen LogP contribution is -2.37. The van der Waals surface area contributed by atoms with E-state index in [4.69, 9.17) is 5.26 Å². The Hall–Kier alpha value is -2.06.